The van der Waals surface area contributed by atoms with E-state index in [1.54, 1.807) is 26.1 Å². The van der Waals surface area contributed by atoms with E-state index in [4.69, 9.17) is 9.15 Å². The van der Waals surface area contributed by atoms with Crippen LogP contribution in [0.1, 0.15) is 27.9 Å². The number of aromatic nitrogens is 2. The number of nitrogens with zero attached hydrogens (tertiary/aromatic N) is 2. The summed E-state index contributed by atoms with van der Waals surface area (Å²) in [5.41, 5.74) is 0.277. The number of furan rings is 1. The van der Waals surface area contributed by atoms with E-state index in [1.807, 2.05) is 0 Å². The van der Waals surface area contributed by atoms with Gasteiger partial charge in [-0.3, -0.25) is 9.59 Å². The lowest BCUT2D eigenvalue weighted by atomic mass is 10.2. The Morgan fingerprint density at radius 3 is 2.92 bits per heavy atom. The number of carbonyl (C=O) groups is 2. The summed E-state index contributed by atoms with van der Waals surface area (Å²) in [4.78, 5) is 41.6. The summed E-state index contributed by atoms with van der Waals surface area (Å²) >= 11 is 1.07. The molecule has 26 heavy (non-hydrogen) atoms. The molecule has 9 heteroatoms. The van der Waals surface area contributed by atoms with E-state index in [0.29, 0.717) is 21.5 Å². The van der Waals surface area contributed by atoms with Crippen LogP contribution in [-0.4, -0.2) is 27.5 Å². The number of hydrogen-bond donors (Lipinski definition) is 1. The standard InChI is InChI=1S/C17H17N3O5S/c1-9-12-15(19-8-20(3)16(12)22)26-13(9)17(23)25-10(2)14(21)18-7-11-5-4-6-24-11/h4-6,8,10H,7H2,1-3H3,(H,18,21). The van der Waals surface area contributed by atoms with Gasteiger partial charge in [-0.15, -0.1) is 11.3 Å². The van der Waals surface area contributed by atoms with Gasteiger partial charge in [-0.2, -0.15) is 0 Å². The van der Waals surface area contributed by atoms with Crippen LogP contribution in [-0.2, 0) is 23.1 Å². The van der Waals surface area contributed by atoms with E-state index in [2.05, 4.69) is 10.3 Å². The molecule has 0 spiro atoms. The monoisotopic (exact) mass is 375 g/mol. The van der Waals surface area contributed by atoms with Gasteiger partial charge in [0.25, 0.3) is 11.5 Å². The Hall–Kier alpha value is -2.94. The van der Waals surface area contributed by atoms with Crippen molar-refractivity contribution in [1.29, 1.82) is 0 Å². The molecule has 0 fully saturated rings. The summed E-state index contributed by atoms with van der Waals surface area (Å²) in [6, 6.07) is 3.44. The zero-order chi connectivity index (χ0) is 18.8. The van der Waals surface area contributed by atoms with Crippen molar-refractivity contribution < 1.29 is 18.7 Å². The highest BCUT2D eigenvalue weighted by atomic mass is 32.1. The molecule has 0 aliphatic carbocycles. The molecule has 0 saturated carbocycles. The third kappa shape index (κ3) is 3.38. The topological polar surface area (TPSA) is 103 Å². The molecule has 0 bridgehead atoms. The van der Waals surface area contributed by atoms with Crippen LogP contribution in [0.25, 0.3) is 10.2 Å². The normalized spacial score (nSPS) is 12.1. The largest absolute Gasteiger partial charge is 0.467 e. The lowest BCUT2D eigenvalue weighted by Gasteiger charge is -2.12. The van der Waals surface area contributed by atoms with Crippen molar-refractivity contribution in [2.45, 2.75) is 26.5 Å². The average molecular weight is 375 g/mol. The number of carbonyl (C=O) groups excluding carboxylic acids is 2. The van der Waals surface area contributed by atoms with E-state index in [9.17, 15) is 14.4 Å². The molecular formula is C17H17N3O5S. The summed E-state index contributed by atoms with van der Waals surface area (Å²) < 4.78 is 11.7. The predicted molar refractivity (Wildman–Crippen MR) is 95.0 cm³/mol. The third-order valence-corrected chi connectivity index (χ3v) is 5.05. The van der Waals surface area contributed by atoms with Gasteiger partial charge in [0.2, 0.25) is 0 Å². The van der Waals surface area contributed by atoms with Crippen LogP contribution in [0.15, 0.2) is 33.9 Å². The maximum atomic E-state index is 12.4. The minimum Gasteiger partial charge on any atom is -0.467 e. The number of aryl methyl sites for hydroxylation is 2. The fourth-order valence-corrected chi connectivity index (χ4v) is 3.42. The Kier molecular flexibility index (Phi) is 4.90. The van der Waals surface area contributed by atoms with E-state index >= 15 is 0 Å². The van der Waals surface area contributed by atoms with Crippen molar-refractivity contribution in [3.8, 4) is 0 Å². The van der Waals surface area contributed by atoms with Gasteiger partial charge in [0.05, 0.1) is 24.5 Å². The van der Waals surface area contributed by atoms with Gasteiger partial charge in [-0.05, 0) is 31.5 Å². The van der Waals surface area contributed by atoms with Crippen LogP contribution in [0.2, 0.25) is 0 Å². The zero-order valence-corrected chi connectivity index (χ0v) is 15.3. The third-order valence-electron chi connectivity index (χ3n) is 3.87. The molecule has 0 aliphatic rings. The molecule has 1 amide bonds. The Labute approximate surface area is 152 Å². The molecule has 3 rings (SSSR count). The Bertz CT molecular complexity index is 1020. The van der Waals surface area contributed by atoms with Crippen molar-refractivity contribution in [3.05, 3.63) is 51.3 Å². The van der Waals surface area contributed by atoms with Gasteiger partial charge in [0.1, 0.15) is 15.5 Å². The van der Waals surface area contributed by atoms with Crippen molar-refractivity contribution in [3.63, 3.8) is 0 Å². The van der Waals surface area contributed by atoms with Gasteiger partial charge in [-0.25, -0.2) is 9.78 Å². The second kappa shape index (κ2) is 7.12. The van der Waals surface area contributed by atoms with Gasteiger partial charge in [0.15, 0.2) is 6.10 Å². The number of esters is 1. The lowest BCUT2D eigenvalue weighted by molar-refractivity contribution is -0.129. The molecule has 1 unspecified atom stereocenters. The highest BCUT2D eigenvalue weighted by Gasteiger charge is 2.24. The number of fused-ring (bicyclic) bond motifs is 1. The Morgan fingerprint density at radius 1 is 1.46 bits per heavy atom. The molecule has 8 nitrogen and oxygen atoms in total. The fraction of sp³-hybridized carbons (Fsp3) is 0.294. The van der Waals surface area contributed by atoms with Crippen molar-refractivity contribution in [2.24, 2.45) is 7.05 Å². The van der Waals surface area contributed by atoms with Gasteiger partial charge < -0.3 is 19.0 Å². The van der Waals surface area contributed by atoms with E-state index in [1.165, 1.54) is 24.1 Å². The first-order chi connectivity index (χ1) is 12.4. The van der Waals surface area contributed by atoms with Crippen LogP contribution < -0.4 is 10.9 Å². The molecule has 0 saturated heterocycles. The Balaban J connectivity index is 1.72. The molecule has 0 radical (unpaired) electrons. The quantitative estimate of drug-likeness (QED) is 0.682. The smallest absolute Gasteiger partial charge is 0.349 e. The van der Waals surface area contributed by atoms with Crippen LogP contribution in [0.4, 0.5) is 0 Å². The maximum absolute atomic E-state index is 12.4. The fourth-order valence-electron chi connectivity index (χ4n) is 2.40. The highest BCUT2D eigenvalue weighted by molar-refractivity contribution is 7.20. The minimum atomic E-state index is -0.988. The molecule has 136 valence electrons. The predicted octanol–water partition coefficient (Wildman–Crippen LogP) is 1.76. The molecule has 3 aromatic rings. The van der Waals surface area contributed by atoms with Crippen LogP contribution >= 0.6 is 11.3 Å². The summed E-state index contributed by atoms with van der Waals surface area (Å²) in [6.45, 7) is 3.35. The minimum absolute atomic E-state index is 0.204. The number of ether oxygens (including phenoxy) is 1. The molecule has 0 aromatic carbocycles. The SMILES string of the molecule is Cc1c(C(=O)OC(C)C(=O)NCc2ccco2)sc2ncn(C)c(=O)c12. The molecule has 1 atom stereocenters. The van der Waals surface area contributed by atoms with E-state index in [0.717, 1.165) is 11.3 Å². The first kappa shape index (κ1) is 17.9. The number of thiophene rings is 1. The Morgan fingerprint density at radius 2 is 2.23 bits per heavy atom. The number of nitrogens with one attached hydrogen (secondary N) is 1. The zero-order valence-electron chi connectivity index (χ0n) is 14.4. The van der Waals surface area contributed by atoms with Crippen LogP contribution in [0.5, 0.6) is 0 Å². The molecular weight excluding hydrogens is 358 g/mol. The molecule has 3 heterocycles. The number of hydrogen-bond acceptors (Lipinski definition) is 7. The molecule has 0 aliphatic heterocycles. The van der Waals surface area contributed by atoms with Crippen molar-refractivity contribution in [2.75, 3.05) is 0 Å². The number of rotatable bonds is 5. The summed E-state index contributed by atoms with van der Waals surface area (Å²) in [7, 11) is 1.59. The number of amides is 1. The second-order valence-corrected chi connectivity index (χ2v) is 6.74. The molecule has 1 N–H and O–H groups in total. The first-order valence-corrected chi connectivity index (χ1v) is 8.66. The van der Waals surface area contributed by atoms with Gasteiger partial charge in [0, 0.05) is 7.05 Å². The van der Waals surface area contributed by atoms with Gasteiger partial charge >= 0.3 is 5.97 Å². The highest BCUT2D eigenvalue weighted by Crippen LogP contribution is 2.27. The summed E-state index contributed by atoms with van der Waals surface area (Å²) in [5.74, 6) is -0.505. The van der Waals surface area contributed by atoms with Crippen LogP contribution in [0.3, 0.4) is 0 Å². The second-order valence-electron chi connectivity index (χ2n) is 5.74. The van der Waals surface area contributed by atoms with Crippen LogP contribution in [0, 0.1) is 6.92 Å². The molecule has 3 aromatic heterocycles. The maximum Gasteiger partial charge on any atom is 0.349 e. The van der Waals surface area contributed by atoms with E-state index in [-0.39, 0.29) is 17.0 Å². The van der Waals surface area contributed by atoms with Crippen molar-refractivity contribution in [1.82, 2.24) is 14.9 Å². The summed E-state index contributed by atoms with van der Waals surface area (Å²) in [5, 5.41) is 3.02. The lowest BCUT2D eigenvalue weighted by Crippen LogP contribution is -2.35. The van der Waals surface area contributed by atoms with Crippen molar-refractivity contribution >= 4 is 33.4 Å². The summed E-state index contributed by atoms with van der Waals surface area (Å²) in [6.07, 6.45) is 1.92. The average Bonchev–Trinajstić information content (AvgIpc) is 3.24. The van der Waals surface area contributed by atoms with E-state index < -0.39 is 18.0 Å². The first-order valence-electron chi connectivity index (χ1n) is 7.84. The van der Waals surface area contributed by atoms with Gasteiger partial charge in [-0.1, -0.05) is 0 Å².